The molecule has 9 aromatic rings. The van der Waals surface area contributed by atoms with Crippen molar-refractivity contribution in [2.75, 3.05) is 0 Å². The summed E-state index contributed by atoms with van der Waals surface area (Å²) in [7, 11) is 0. The van der Waals surface area contributed by atoms with E-state index < -0.39 is 5.66 Å². The molecule has 6 nitrogen and oxygen atoms in total. The van der Waals surface area contributed by atoms with Gasteiger partial charge in [0.05, 0.1) is 17.1 Å². The molecule has 0 bridgehead atoms. The Balaban J connectivity index is 1.39. The first kappa shape index (κ1) is 20.2. The summed E-state index contributed by atoms with van der Waals surface area (Å²) >= 11 is 0. The van der Waals surface area contributed by atoms with E-state index in [4.69, 9.17) is 9.72 Å². The van der Waals surface area contributed by atoms with Gasteiger partial charge in [0.15, 0.2) is 11.0 Å². The van der Waals surface area contributed by atoms with Gasteiger partial charge in [-0.05, 0) is 54.6 Å². The maximum Gasteiger partial charge on any atom is 0.318 e. The second-order valence-corrected chi connectivity index (χ2v) is 11.7. The maximum absolute atomic E-state index is 6.85. The van der Waals surface area contributed by atoms with Gasteiger partial charge in [-0.15, -0.1) is 0 Å². The first-order valence-corrected chi connectivity index (χ1v) is 14.3. The minimum absolute atomic E-state index is 0.656. The lowest BCUT2D eigenvalue weighted by molar-refractivity contribution is -0.956. The summed E-state index contributed by atoms with van der Waals surface area (Å²) in [5.41, 5.74) is 8.37. The lowest BCUT2D eigenvalue weighted by Gasteiger charge is -2.36. The van der Waals surface area contributed by atoms with Gasteiger partial charge >= 0.3 is 5.66 Å². The molecule has 1 unspecified atom stereocenters. The number of hydrogen-bond acceptors (Lipinski definition) is 2. The Hall–Kier alpha value is -5.75. The molecule has 3 aliphatic heterocycles. The minimum atomic E-state index is -0.656. The molecule has 0 saturated heterocycles. The van der Waals surface area contributed by atoms with E-state index in [0.29, 0.717) is 0 Å². The van der Waals surface area contributed by atoms with Gasteiger partial charge < -0.3 is 4.74 Å². The molecule has 0 fully saturated rings. The standard InChI is InChI=1S/C36H19N5O/c1-3-9-24-20(7-1)19-26-33(37-24)23-13-15-27-31-30(23)35-38(26)17-18-40(35)36(31)32-28(42-27)14-12-22-21-8-2-4-10-25(21)41(34(22)32)29-11-5-6-16-39(29)36/h1-19H/q+2. The number of imidazole rings is 1. The van der Waals surface area contributed by atoms with E-state index in [-0.39, 0.29) is 0 Å². The first-order chi connectivity index (χ1) is 20.8. The zero-order valence-corrected chi connectivity index (χ0v) is 22.1. The smallest absolute Gasteiger partial charge is 0.318 e. The Kier molecular flexibility index (Phi) is 3.01. The topological polar surface area (TPSA) is 39.2 Å². The van der Waals surface area contributed by atoms with Crippen LogP contribution in [0.3, 0.4) is 0 Å². The van der Waals surface area contributed by atoms with Crippen molar-refractivity contribution in [3.63, 3.8) is 0 Å². The SMILES string of the molecule is c1cc[n+]2c(c1)-n1c3ccccc3c3ccc4c(c31)C21c2c(ccc3c5nc6ccccc6cc5n5cc[n+]1c5c23)O4. The maximum atomic E-state index is 6.85. The first-order valence-electron chi connectivity index (χ1n) is 14.3. The number of para-hydroxylation sites is 2. The van der Waals surface area contributed by atoms with Crippen molar-refractivity contribution in [3.8, 4) is 17.3 Å². The molecule has 3 aliphatic rings. The van der Waals surface area contributed by atoms with E-state index in [1.807, 2.05) is 0 Å². The minimum Gasteiger partial charge on any atom is -0.456 e. The van der Waals surface area contributed by atoms with Crippen LogP contribution in [0.25, 0.3) is 66.0 Å². The van der Waals surface area contributed by atoms with Crippen molar-refractivity contribution in [2.45, 2.75) is 5.66 Å². The number of aromatic nitrogens is 5. The third kappa shape index (κ3) is 1.87. The molecular weight excluding hydrogens is 518 g/mol. The highest BCUT2D eigenvalue weighted by molar-refractivity contribution is 6.16. The molecule has 42 heavy (non-hydrogen) atoms. The highest BCUT2D eigenvalue weighted by Crippen LogP contribution is 2.56. The van der Waals surface area contributed by atoms with Gasteiger partial charge in [0.2, 0.25) is 0 Å². The molecule has 1 spiro atoms. The van der Waals surface area contributed by atoms with Crippen molar-refractivity contribution in [1.29, 1.82) is 0 Å². The number of nitrogens with zero attached hydrogens (tertiary/aromatic N) is 5. The van der Waals surface area contributed by atoms with Gasteiger partial charge in [-0.25, -0.2) is 4.98 Å². The summed E-state index contributed by atoms with van der Waals surface area (Å²) in [6, 6.07) is 34.7. The summed E-state index contributed by atoms with van der Waals surface area (Å²) < 4.78 is 16.5. The molecular formula is C36H19N5O+2. The van der Waals surface area contributed by atoms with E-state index in [1.54, 1.807) is 0 Å². The molecule has 6 heteroatoms. The van der Waals surface area contributed by atoms with Gasteiger partial charge in [-0.1, -0.05) is 36.4 Å². The quantitative estimate of drug-likeness (QED) is 0.126. The molecule has 0 N–H and O–H groups in total. The van der Waals surface area contributed by atoms with Crippen LogP contribution < -0.4 is 13.9 Å². The third-order valence-corrected chi connectivity index (χ3v) is 9.91. The molecule has 192 valence electrons. The normalized spacial score (nSPS) is 17.3. The zero-order chi connectivity index (χ0) is 26.9. The summed E-state index contributed by atoms with van der Waals surface area (Å²) in [5, 5.41) is 5.97. The summed E-state index contributed by atoms with van der Waals surface area (Å²) in [4.78, 5) is 5.24. The fourth-order valence-electron chi connectivity index (χ4n) is 8.45. The Morgan fingerprint density at radius 3 is 2.50 bits per heavy atom. The van der Waals surface area contributed by atoms with Crippen LogP contribution in [0.4, 0.5) is 0 Å². The van der Waals surface area contributed by atoms with E-state index in [0.717, 1.165) is 50.3 Å². The fourth-order valence-corrected chi connectivity index (χ4v) is 8.45. The van der Waals surface area contributed by atoms with Crippen molar-refractivity contribution in [2.24, 2.45) is 0 Å². The monoisotopic (exact) mass is 537 g/mol. The van der Waals surface area contributed by atoms with Crippen molar-refractivity contribution in [1.82, 2.24) is 14.0 Å². The van der Waals surface area contributed by atoms with E-state index in [2.05, 4.69) is 134 Å². The number of benzene rings is 4. The predicted octanol–water partition coefficient (Wildman–Crippen LogP) is 6.50. The molecule has 4 aromatic carbocycles. The Morgan fingerprint density at radius 2 is 1.52 bits per heavy atom. The largest absolute Gasteiger partial charge is 0.456 e. The highest BCUT2D eigenvalue weighted by atomic mass is 16.5. The average Bonchev–Trinajstić information content (AvgIpc) is 3.72. The molecule has 0 saturated carbocycles. The van der Waals surface area contributed by atoms with E-state index in [9.17, 15) is 0 Å². The lowest BCUT2D eigenvalue weighted by Crippen LogP contribution is -2.75. The summed E-state index contributed by atoms with van der Waals surface area (Å²) in [6.45, 7) is 0. The van der Waals surface area contributed by atoms with Gasteiger partial charge in [-0.3, -0.25) is 0 Å². The summed E-state index contributed by atoms with van der Waals surface area (Å²) in [6.07, 6.45) is 6.70. The second kappa shape index (κ2) is 6.26. The van der Waals surface area contributed by atoms with E-state index >= 15 is 0 Å². The molecule has 0 radical (unpaired) electrons. The van der Waals surface area contributed by atoms with Crippen LogP contribution in [-0.2, 0) is 5.66 Å². The Labute approximate surface area is 237 Å². The molecule has 5 aromatic heterocycles. The second-order valence-electron chi connectivity index (χ2n) is 11.7. The number of fused-ring (bicyclic) bond motifs is 9. The van der Waals surface area contributed by atoms with Crippen molar-refractivity contribution >= 4 is 60.2 Å². The van der Waals surface area contributed by atoms with Crippen LogP contribution in [0.1, 0.15) is 11.1 Å². The van der Waals surface area contributed by atoms with Crippen LogP contribution in [0.2, 0.25) is 0 Å². The number of rotatable bonds is 0. The number of hydrogen-bond donors (Lipinski definition) is 0. The molecule has 0 aliphatic carbocycles. The average molecular weight is 538 g/mol. The lowest BCUT2D eigenvalue weighted by atomic mass is 9.83. The van der Waals surface area contributed by atoms with Crippen molar-refractivity contribution in [3.05, 3.63) is 127 Å². The van der Waals surface area contributed by atoms with Gasteiger partial charge in [0.25, 0.3) is 11.5 Å². The van der Waals surface area contributed by atoms with Crippen LogP contribution in [0, 0.1) is 0 Å². The van der Waals surface area contributed by atoms with Crippen LogP contribution in [0.15, 0.2) is 116 Å². The van der Waals surface area contributed by atoms with Gasteiger partial charge in [0.1, 0.15) is 46.1 Å². The van der Waals surface area contributed by atoms with Gasteiger partial charge in [-0.2, -0.15) is 18.1 Å². The van der Waals surface area contributed by atoms with Gasteiger partial charge in [0, 0.05) is 27.6 Å². The predicted molar refractivity (Wildman–Crippen MR) is 161 cm³/mol. The molecule has 12 rings (SSSR count). The molecule has 0 amide bonds. The summed E-state index contributed by atoms with van der Waals surface area (Å²) in [5.74, 6) is 2.92. The fraction of sp³-hybridized carbons (Fsp3) is 0.0278. The zero-order valence-electron chi connectivity index (χ0n) is 22.1. The molecule has 8 heterocycles. The van der Waals surface area contributed by atoms with Crippen LogP contribution in [0.5, 0.6) is 11.5 Å². The third-order valence-electron chi connectivity index (χ3n) is 9.91. The number of ether oxygens (including phenoxy) is 1. The number of pyridine rings is 3. The molecule has 1 atom stereocenters. The highest BCUT2D eigenvalue weighted by Gasteiger charge is 2.64. The van der Waals surface area contributed by atoms with Crippen molar-refractivity contribution < 1.29 is 13.9 Å². The van der Waals surface area contributed by atoms with Crippen LogP contribution >= 0.6 is 0 Å². The Bertz CT molecular complexity index is 2790. The van der Waals surface area contributed by atoms with E-state index in [1.165, 1.54) is 38.3 Å². The van der Waals surface area contributed by atoms with Crippen LogP contribution in [-0.4, -0.2) is 14.0 Å². The Morgan fingerprint density at radius 1 is 0.690 bits per heavy atom.